The number of carbonyl (C=O) groups excluding carboxylic acids is 1. The molecule has 0 bridgehead atoms. The van der Waals surface area contributed by atoms with Crippen LogP contribution in [-0.2, 0) is 11.3 Å². The van der Waals surface area contributed by atoms with Crippen molar-refractivity contribution in [3.8, 4) is 11.6 Å². The molecule has 6 nitrogen and oxygen atoms in total. The lowest BCUT2D eigenvalue weighted by molar-refractivity contribution is -0.116. The summed E-state index contributed by atoms with van der Waals surface area (Å²) in [5.74, 6) is 0.874. The fourth-order valence-electron chi connectivity index (χ4n) is 2.35. The molecule has 0 aliphatic heterocycles. The second kappa shape index (κ2) is 7.53. The highest BCUT2D eigenvalue weighted by atomic mass is 32.1. The lowest BCUT2D eigenvalue weighted by Gasteiger charge is -2.09. The number of hydrogen-bond donors (Lipinski definition) is 1. The van der Waals surface area contributed by atoms with Gasteiger partial charge in [-0.15, -0.1) is 0 Å². The molecule has 0 unspecified atom stereocenters. The Morgan fingerprint density at radius 3 is 2.62 bits per heavy atom. The molecule has 0 saturated carbocycles. The number of pyridine rings is 1. The van der Waals surface area contributed by atoms with Gasteiger partial charge in [0.2, 0.25) is 11.8 Å². The van der Waals surface area contributed by atoms with Crippen molar-refractivity contribution in [2.75, 3.05) is 5.32 Å². The van der Waals surface area contributed by atoms with Crippen LogP contribution in [0.2, 0.25) is 0 Å². The van der Waals surface area contributed by atoms with E-state index in [1.807, 2.05) is 32.0 Å². The first-order valence-corrected chi connectivity index (χ1v) is 8.96. The van der Waals surface area contributed by atoms with Gasteiger partial charge in [0.1, 0.15) is 12.3 Å². The second-order valence-electron chi connectivity index (χ2n) is 6.01. The summed E-state index contributed by atoms with van der Waals surface area (Å²) in [5.41, 5.74) is 3.66. The zero-order valence-corrected chi connectivity index (χ0v) is 15.6. The first-order valence-electron chi connectivity index (χ1n) is 8.08. The highest BCUT2D eigenvalue weighted by Gasteiger charge is 2.09. The molecule has 134 valence electrons. The zero-order chi connectivity index (χ0) is 18.7. The van der Waals surface area contributed by atoms with Crippen LogP contribution >= 0.6 is 11.3 Å². The molecule has 0 fully saturated rings. The van der Waals surface area contributed by atoms with Gasteiger partial charge in [-0.05, 0) is 50.1 Å². The molecule has 1 N–H and O–H groups in total. The number of nitrogens with zero attached hydrogens (tertiary/aromatic N) is 2. The maximum atomic E-state index is 12.1. The first kappa shape index (κ1) is 17.9. The van der Waals surface area contributed by atoms with E-state index in [4.69, 9.17) is 4.74 Å². The SMILES string of the molecule is Cc1ccc(Oc2ccc(NC(=O)Cn3c(C)csc3=O)cn2)cc1C. The fraction of sp³-hybridized carbons (Fsp3) is 0.211. The minimum atomic E-state index is -0.279. The monoisotopic (exact) mass is 369 g/mol. The summed E-state index contributed by atoms with van der Waals surface area (Å²) in [6.07, 6.45) is 1.53. The molecule has 0 aliphatic carbocycles. The van der Waals surface area contributed by atoms with Crippen LogP contribution in [0.5, 0.6) is 11.6 Å². The molecule has 2 heterocycles. The molecule has 7 heteroatoms. The molecular weight excluding hydrogens is 350 g/mol. The number of aromatic nitrogens is 2. The van der Waals surface area contributed by atoms with Crippen molar-refractivity contribution in [2.45, 2.75) is 27.3 Å². The summed E-state index contributed by atoms with van der Waals surface area (Å²) in [5, 5.41) is 4.46. The van der Waals surface area contributed by atoms with Crippen molar-refractivity contribution in [1.29, 1.82) is 0 Å². The molecule has 2 aromatic heterocycles. The minimum absolute atomic E-state index is 0.0188. The number of aryl methyl sites for hydroxylation is 3. The molecule has 3 rings (SSSR count). The van der Waals surface area contributed by atoms with Crippen LogP contribution in [0.4, 0.5) is 5.69 Å². The predicted octanol–water partition coefficient (Wildman–Crippen LogP) is 3.66. The number of rotatable bonds is 5. The highest BCUT2D eigenvalue weighted by Crippen LogP contribution is 2.23. The van der Waals surface area contributed by atoms with Gasteiger partial charge in [0, 0.05) is 17.1 Å². The van der Waals surface area contributed by atoms with Crippen molar-refractivity contribution < 1.29 is 9.53 Å². The summed E-state index contributed by atoms with van der Waals surface area (Å²) < 4.78 is 7.16. The third-order valence-corrected chi connectivity index (χ3v) is 4.88. The van der Waals surface area contributed by atoms with E-state index in [1.165, 1.54) is 16.3 Å². The van der Waals surface area contributed by atoms with Crippen LogP contribution in [-0.4, -0.2) is 15.5 Å². The van der Waals surface area contributed by atoms with Gasteiger partial charge < -0.3 is 10.1 Å². The Bertz CT molecular complexity index is 990. The Hall–Kier alpha value is -2.93. The van der Waals surface area contributed by atoms with Crippen molar-refractivity contribution >= 4 is 22.9 Å². The molecule has 0 radical (unpaired) electrons. The van der Waals surface area contributed by atoms with E-state index in [-0.39, 0.29) is 17.3 Å². The number of hydrogen-bond acceptors (Lipinski definition) is 5. The molecule has 26 heavy (non-hydrogen) atoms. The second-order valence-corrected chi connectivity index (χ2v) is 6.83. The number of nitrogens with one attached hydrogen (secondary N) is 1. The van der Waals surface area contributed by atoms with Gasteiger partial charge in [-0.25, -0.2) is 4.98 Å². The summed E-state index contributed by atoms with van der Waals surface area (Å²) in [4.78, 5) is 27.8. The third-order valence-electron chi connectivity index (χ3n) is 4.00. The van der Waals surface area contributed by atoms with Crippen molar-refractivity contribution in [2.24, 2.45) is 0 Å². The van der Waals surface area contributed by atoms with Crippen LogP contribution < -0.4 is 14.9 Å². The zero-order valence-electron chi connectivity index (χ0n) is 14.8. The Balaban J connectivity index is 1.63. The lowest BCUT2D eigenvalue weighted by atomic mass is 10.1. The number of thiazole rings is 1. The molecular formula is C19H19N3O3S. The van der Waals surface area contributed by atoms with Crippen LogP contribution in [0.15, 0.2) is 46.7 Å². The number of ether oxygens (including phenoxy) is 1. The van der Waals surface area contributed by atoms with Crippen molar-refractivity contribution in [3.05, 3.63) is 68.4 Å². The molecule has 0 aliphatic rings. The summed E-state index contributed by atoms with van der Waals surface area (Å²) in [6, 6.07) is 9.24. The quantitative estimate of drug-likeness (QED) is 0.745. The summed E-state index contributed by atoms with van der Waals surface area (Å²) in [6.45, 7) is 5.84. The van der Waals surface area contributed by atoms with Gasteiger partial charge >= 0.3 is 4.87 Å². The number of anilines is 1. The van der Waals surface area contributed by atoms with E-state index < -0.39 is 0 Å². The van der Waals surface area contributed by atoms with E-state index in [9.17, 15) is 9.59 Å². The standard InChI is InChI=1S/C19H19N3O3S/c1-12-4-6-16(8-13(12)2)25-18-7-5-15(9-20-18)21-17(23)10-22-14(3)11-26-19(22)24/h4-9,11H,10H2,1-3H3,(H,21,23). The molecule has 3 aromatic rings. The predicted molar refractivity (Wildman–Crippen MR) is 102 cm³/mol. The van der Waals surface area contributed by atoms with Gasteiger partial charge in [-0.2, -0.15) is 0 Å². The number of benzene rings is 1. The fourth-order valence-corrected chi connectivity index (χ4v) is 3.09. The van der Waals surface area contributed by atoms with Crippen molar-refractivity contribution in [3.63, 3.8) is 0 Å². The van der Waals surface area contributed by atoms with Gasteiger partial charge in [0.25, 0.3) is 0 Å². The molecule has 1 aromatic carbocycles. The van der Waals surface area contributed by atoms with E-state index in [1.54, 1.807) is 24.4 Å². The van der Waals surface area contributed by atoms with E-state index >= 15 is 0 Å². The van der Waals surface area contributed by atoms with E-state index in [0.717, 1.165) is 22.6 Å². The minimum Gasteiger partial charge on any atom is -0.439 e. The topological polar surface area (TPSA) is 73.2 Å². The van der Waals surface area contributed by atoms with Gasteiger partial charge in [-0.3, -0.25) is 14.2 Å². The Kier molecular flexibility index (Phi) is 5.18. The molecule has 0 saturated heterocycles. The lowest BCUT2D eigenvalue weighted by Crippen LogP contribution is -2.25. The van der Waals surface area contributed by atoms with Crippen LogP contribution in [0, 0.1) is 20.8 Å². The van der Waals surface area contributed by atoms with Gasteiger partial charge in [-0.1, -0.05) is 17.4 Å². The van der Waals surface area contributed by atoms with Crippen LogP contribution in [0.3, 0.4) is 0 Å². The van der Waals surface area contributed by atoms with Crippen molar-refractivity contribution in [1.82, 2.24) is 9.55 Å². The van der Waals surface area contributed by atoms with Gasteiger partial charge in [0.15, 0.2) is 0 Å². The average Bonchev–Trinajstić information content (AvgIpc) is 2.92. The smallest absolute Gasteiger partial charge is 0.307 e. The maximum Gasteiger partial charge on any atom is 0.307 e. The largest absolute Gasteiger partial charge is 0.439 e. The Labute approximate surface area is 155 Å². The average molecular weight is 369 g/mol. The molecule has 0 atom stereocenters. The third kappa shape index (κ3) is 4.18. The maximum absolute atomic E-state index is 12.1. The normalized spacial score (nSPS) is 10.6. The summed E-state index contributed by atoms with van der Waals surface area (Å²) in [7, 11) is 0. The molecule has 1 amide bonds. The van der Waals surface area contributed by atoms with Gasteiger partial charge in [0.05, 0.1) is 11.9 Å². The van der Waals surface area contributed by atoms with E-state index in [2.05, 4.69) is 10.3 Å². The number of carbonyl (C=O) groups is 1. The van der Waals surface area contributed by atoms with E-state index in [0.29, 0.717) is 17.3 Å². The van der Waals surface area contributed by atoms with Crippen LogP contribution in [0.1, 0.15) is 16.8 Å². The highest BCUT2D eigenvalue weighted by molar-refractivity contribution is 7.07. The number of amides is 1. The van der Waals surface area contributed by atoms with Crippen LogP contribution in [0.25, 0.3) is 0 Å². The summed E-state index contributed by atoms with van der Waals surface area (Å²) >= 11 is 1.08. The molecule has 0 spiro atoms. The Morgan fingerprint density at radius 1 is 1.19 bits per heavy atom. The Morgan fingerprint density at radius 2 is 2.00 bits per heavy atom. The first-order chi connectivity index (χ1) is 12.4.